The Morgan fingerprint density at radius 1 is 1.23 bits per heavy atom. The first-order chi connectivity index (χ1) is 12.5. The highest BCUT2D eigenvalue weighted by Crippen LogP contribution is 2.15. The monoisotopic (exact) mass is 354 g/mol. The third kappa shape index (κ3) is 3.53. The van der Waals surface area contributed by atoms with Gasteiger partial charge < -0.3 is 9.72 Å². The van der Waals surface area contributed by atoms with Gasteiger partial charge in [-0.15, -0.1) is 0 Å². The Bertz CT molecular complexity index is 1070. The Morgan fingerprint density at radius 3 is 2.77 bits per heavy atom. The molecule has 3 rings (SSSR count). The largest absolute Gasteiger partial charge is 0.450 e. The number of rotatable bonds is 5. The summed E-state index contributed by atoms with van der Waals surface area (Å²) in [4.78, 5) is 43.1. The number of H-pyrrole nitrogens is 1. The van der Waals surface area contributed by atoms with E-state index in [1.165, 1.54) is 16.8 Å². The number of nitrogens with zero attached hydrogens (tertiary/aromatic N) is 3. The number of ether oxygens (including phenoxy) is 1. The number of hydrogen-bond acceptors (Lipinski definition) is 6. The van der Waals surface area contributed by atoms with Gasteiger partial charge in [-0.05, 0) is 31.5 Å². The quantitative estimate of drug-likeness (QED) is 0.700. The summed E-state index contributed by atoms with van der Waals surface area (Å²) in [5.74, 6) is -0.456. The zero-order chi connectivity index (χ0) is 18.7. The van der Waals surface area contributed by atoms with Gasteiger partial charge in [-0.3, -0.25) is 9.59 Å². The molecule has 2 heterocycles. The van der Waals surface area contributed by atoms with Crippen LogP contribution in [0.2, 0.25) is 0 Å². The smallest absolute Gasteiger partial charge is 0.359 e. The molecule has 8 heteroatoms. The van der Waals surface area contributed by atoms with E-state index in [1.807, 2.05) is 6.92 Å². The molecule has 0 spiro atoms. The third-order valence-corrected chi connectivity index (χ3v) is 3.81. The minimum Gasteiger partial charge on any atom is -0.450 e. The Hall–Kier alpha value is -3.29. The Balaban J connectivity index is 1.85. The lowest BCUT2D eigenvalue weighted by Gasteiger charge is -2.13. The molecule has 0 saturated carbocycles. The minimum atomic E-state index is -0.784. The summed E-state index contributed by atoms with van der Waals surface area (Å²) in [6.07, 6.45) is -0.0718. The van der Waals surface area contributed by atoms with Crippen LogP contribution in [-0.4, -0.2) is 25.7 Å². The number of hydrogen-bond donors (Lipinski definition) is 1. The maximum absolute atomic E-state index is 12.3. The molecule has 26 heavy (non-hydrogen) atoms. The summed E-state index contributed by atoms with van der Waals surface area (Å²) < 4.78 is 6.57. The van der Waals surface area contributed by atoms with Crippen LogP contribution in [0.3, 0.4) is 0 Å². The van der Waals surface area contributed by atoms with Gasteiger partial charge in [-0.1, -0.05) is 19.1 Å². The second-order valence-electron chi connectivity index (χ2n) is 5.80. The first-order valence-electron chi connectivity index (χ1n) is 8.27. The van der Waals surface area contributed by atoms with Gasteiger partial charge in [0.1, 0.15) is 0 Å². The number of aromatic amines is 1. The number of esters is 1. The lowest BCUT2D eigenvalue weighted by Crippen LogP contribution is -2.25. The summed E-state index contributed by atoms with van der Waals surface area (Å²) >= 11 is 0. The molecular weight excluding hydrogens is 336 g/mol. The van der Waals surface area contributed by atoms with Crippen LogP contribution in [0.15, 0.2) is 46.0 Å². The van der Waals surface area contributed by atoms with E-state index in [4.69, 9.17) is 4.74 Å². The van der Waals surface area contributed by atoms with Crippen LogP contribution in [0.5, 0.6) is 0 Å². The number of aryl methyl sites for hydroxylation is 1. The molecule has 0 aliphatic heterocycles. The topological polar surface area (TPSA) is 107 Å². The molecule has 0 aliphatic rings. The summed E-state index contributed by atoms with van der Waals surface area (Å²) in [6, 6.07) is 9.50. The van der Waals surface area contributed by atoms with E-state index >= 15 is 0 Å². The van der Waals surface area contributed by atoms with Gasteiger partial charge in [0.25, 0.3) is 11.1 Å². The molecule has 134 valence electrons. The first-order valence-corrected chi connectivity index (χ1v) is 8.27. The first kappa shape index (κ1) is 17.5. The Labute approximate surface area is 148 Å². The molecule has 0 saturated heterocycles. The standard InChI is InChI=1S/C18H18N4O4/c1-3-10-22-15(23)9-8-14(21-22)18(25)26-11(2)16-19-13-7-5-4-6-12(13)17(24)20-16/h4-9,11H,3,10H2,1-2H3,(H,19,20,24). The highest BCUT2D eigenvalue weighted by Gasteiger charge is 2.18. The average molecular weight is 354 g/mol. The lowest BCUT2D eigenvalue weighted by molar-refractivity contribution is 0.0309. The van der Waals surface area contributed by atoms with Crippen molar-refractivity contribution in [3.63, 3.8) is 0 Å². The zero-order valence-electron chi connectivity index (χ0n) is 14.4. The fourth-order valence-electron chi connectivity index (χ4n) is 2.50. The van der Waals surface area contributed by atoms with Gasteiger partial charge in [0.2, 0.25) is 0 Å². The summed E-state index contributed by atoms with van der Waals surface area (Å²) in [7, 11) is 0. The molecule has 1 aromatic carbocycles. The van der Waals surface area contributed by atoms with Gasteiger partial charge >= 0.3 is 5.97 Å². The van der Waals surface area contributed by atoms with Crippen molar-refractivity contribution in [1.82, 2.24) is 19.7 Å². The molecule has 0 aliphatic carbocycles. The summed E-state index contributed by atoms with van der Waals surface area (Å²) in [6.45, 7) is 3.92. The molecule has 0 radical (unpaired) electrons. The maximum Gasteiger partial charge on any atom is 0.359 e. The van der Waals surface area contributed by atoms with Crippen LogP contribution in [0.4, 0.5) is 0 Å². The molecule has 8 nitrogen and oxygen atoms in total. The molecule has 1 unspecified atom stereocenters. The molecule has 3 aromatic rings. The minimum absolute atomic E-state index is 0.0213. The number of benzene rings is 1. The Kier molecular flexibility index (Phi) is 4.92. The second kappa shape index (κ2) is 7.30. The molecular formula is C18H18N4O4. The SMILES string of the molecule is CCCn1nc(C(=O)OC(C)c2nc3ccccc3c(=O)[nH]2)ccc1=O. The van der Waals surface area contributed by atoms with Crippen LogP contribution >= 0.6 is 0 Å². The number of nitrogens with one attached hydrogen (secondary N) is 1. The van der Waals surface area contributed by atoms with Crippen molar-refractivity contribution in [1.29, 1.82) is 0 Å². The van der Waals surface area contributed by atoms with E-state index in [2.05, 4.69) is 15.1 Å². The fourth-order valence-corrected chi connectivity index (χ4v) is 2.50. The van der Waals surface area contributed by atoms with E-state index in [1.54, 1.807) is 31.2 Å². The maximum atomic E-state index is 12.3. The highest BCUT2D eigenvalue weighted by molar-refractivity contribution is 5.87. The summed E-state index contributed by atoms with van der Waals surface area (Å²) in [5, 5.41) is 4.47. The van der Waals surface area contributed by atoms with Crippen molar-refractivity contribution in [2.45, 2.75) is 32.9 Å². The number of aromatic nitrogens is 4. The van der Waals surface area contributed by atoms with E-state index in [0.717, 1.165) is 0 Å². The van der Waals surface area contributed by atoms with E-state index in [-0.39, 0.29) is 22.6 Å². The van der Waals surface area contributed by atoms with Crippen molar-refractivity contribution < 1.29 is 9.53 Å². The fraction of sp³-hybridized carbons (Fsp3) is 0.278. The van der Waals surface area contributed by atoms with Crippen molar-refractivity contribution in [2.24, 2.45) is 0 Å². The Morgan fingerprint density at radius 2 is 2.00 bits per heavy atom. The van der Waals surface area contributed by atoms with Crippen LogP contribution in [0.1, 0.15) is 42.7 Å². The third-order valence-electron chi connectivity index (χ3n) is 3.81. The van der Waals surface area contributed by atoms with Gasteiger partial charge in [-0.25, -0.2) is 14.5 Å². The van der Waals surface area contributed by atoms with Crippen LogP contribution in [0.25, 0.3) is 10.9 Å². The normalized spacial score (nSPS) is 12.1. The van der Waals surface area contributed by atoms with E-state index in [9.17, 15) is 14.4 Å². The van der Waals surface area contributed by atoms with Crippen molar-refractivity contribution in [3.8, 4) is 0 Å². The lowest BCUT2D eigenvalue weighted by atomic mass is 10.2. The van der Waals surface area contributed by atoms with Gasteiger partial charge in [0.05, 0.1) is 10.9 Å². The second-order valence-corrected chi connectivity index (χ2v) is 5.80. The molecule has 0 amide bonds. The molecule has 0 fully saturated rings. The molecule has 0 bridgehead atoms. The predicted molar refractivity (Wildman–Crippen MR) is 95.0 cm³/mol. The van der Waals surface area contributed by atoms with E-state index < -0.39 is 12.1 Å². The molecule has 2 aromatic heterocycles. The molecule has 1 atom stereocenters. The zero-order valence-corrected chi connectivity index (χ0v) is 14.4. The number of carbonyl (C=O) groups is 1. The van der Waals surface area contributed by atoms with Crippen LogP contribution in [-0.2, 0) is 11.3 Å². The average Bonchev–Trinajstić information content (AvgIpc) is 2.63. The highest BCUT2D eigenvalue weighted by atomic mass is 16.5. The summed E-state index contributed by atoms with van der Waals surface area (Å²) in [5.41, 5.74) is -0.0445. The molecule has 1 N–H and O–H groups in total. The van der Waals surface area contributed by atoms with Crippen molar-refractivity contribution >= 4 is 16.9 Å². The van der Waals surface area contributed by atoms with Crippen molar-refractivity contribution in [3.05, 3.63) is 68.6 Å². The van der Waals surface area contributed by atoms with Crippen LogP contribution < -0.4 is 11.1 Å². The predicted octanol–water partition coefficient (Wildman–Crippen LogP) is 1.81. The van der Waals surface area contributed by atoms with Gasteiger partial charge in [-0.2, -0.15) is 5.10 Å². The number of para-hydroxylation sites is 1. The van der Waals surface area contributed by atoms with Gasteiger partial charge in [0.15, 0.2) is 17.6 Å². The van der Waals surface area contributed by atoms with Crippen molar-refractivity contribution in [2.75, 3.05) is 0 Å². The number of fused-ring (bicyclic) bond motifs is 1. The number of carbonyl (C=O) groups excluding carboxylic acids is 1. The van der Waals surface area contributed by atoms with Crippen LogP contribution in [0, 0.1) is 0 Å². The van der Waals surface area contributed by atoms with Gasteiger partial charge in [0, 0.05) is 12.6 Å². The van der Waals surface area contributed by atoms with E-state index in [0.29, 0.717) is 23.9 Å².